The number of aromatic amines is 2. The van der Waals surface area contributed by atoms with E-state index in [0.717, 1.165) is 27.8 Å². The van der Waals surface area contributed by atoms with E-state index in [1.54, 1.807) is 18.6 Å². The summed E-state index contributed by atoms with van der Waals surface area (Å²) in [5, 5.41) is 28.7. The first-order valence-electron chi connectivity index (χ1n) is 12.0. The van der Waals surface area contributed by atoms with Gasteiger partial charge in [-0.3, -0.25) is 19.9 Å². The van der Waals surface area contributed by atoms with Crippen LogP contribution in [-0.4, -0.2) is 77.5 Å². The van der Waals surface area contributed by atoms with E-state index in [1.165, 1.54) is 0 Å². The SMILES string of the molecule is C[C@@H]1CN(Cc2nc(C(=O)Nc3cc(-c4cnc5[nH]ncc5c4)cc4[nH]ncc34)c(C(=O)O)s2)C[C@H](C)O1. The van der Waals surface area contributed by atoms with Gasteiger partial charge < -0.3 is 15.2 Å². The van der Waals surface area contributed by atoms with Crippen molar-refractivity contribution in [3.8, 4) is 11.1 Å². The van der Waals surface area contributed by atoms with Crippen LogP contribution in [-0.2, 0) is 11.3 Å². The van der Waals surface area contributed by atoms with Crippen LogP contribution in [0.25, 0.3) is 33.1 Å². The second-order valence-electron chi connectivity index (χ2n) is 9.38. The molecule has 0 unspecified atom stereocenters. The van der Waals surface area contributed by atoms with Crippen LogP contribution >= 0.6 is 11.3 Å². The number of thiazole rings is 1. The second kappa shape index (κ2) is 9.59. The van der Waals surface area contributed by atoms with E-state index >= 15 is 0 Å². The molecule has 0 spiro atoms. The fourth-order valence-electron chi connectivity index (χ4n) is 4.83. The maximum absolute atomic E-state index is 13.4. The van der Waals surface area contributed by atoms with Gasteiger partial charge in [0.2, 0.25) is 0 Å². The fraction of sp³-hybridized carbons (Fsp3) is 0.280. The number of carbonyl (C=O) groups is 2. The highest BCUT2D eigenvalue weighted by molar-refractivity contribution is 7.13. The molecule has 6 rings (SSSR count). The third-order valence-electron chi connectivity index (χ3n) is 6.37. The van der Waals surface area contributed by atoms with Gasteiger partial charge in [0, 0.05) is 35.6 Å². The van der Waals surface area contributed by atoms with Gasteiger partial charge in [-0.25, -0.2) is 14.8 Å². The van der Waals surface area contributed by atoms with Crippen LogP contribution in [0.5, 0.6) is 0 Å². The molecule has 4 aromatic heterocycles. The Balaban J connectivity index is 1.31. The molecule has 1 amide bonds. The number of ether oxygens (including phenoxy) is 1. The second-order valence-corrected chi connectivity index (χ2v) is 10.5. The number of nitrogens with one attached hydrogen (secondary N) is 3. The molecular weight excluding hydrogens is 508 g/mol. The molecule has 38 heavy (non-hydrogen) atoms. The maximum Gasteiger partial charge on any atom is 0.348 e. The molecule has 5 heterocycles. The zero-order chi connectivity index (χ0) is 26.4. The smallest absolute Gasteiger partial charge is 0.348 e. The standard InChI is InChI=1S/C25H24N8O4S/c1-12-9-33(10-13(2)37-12)11-20-30-21(22(38-20)25(35)36)24(34)29-18-4-14(5-19-17(18)8-28-31-19)15-3-16-7-27-32-23(16)26-6-15/h3-8,12-13H,9-11H2,1-2H3,(H,28,31)(H,29,34)(H,35,36)(H,26,27,32)/t12-,13+. The van der Waals surface area contributed by atoms with Crippen molar-refractivity contribution in [3.63, 3.8) is 0 Å². The third-order valence-corrected chi connectivity index (χ3v) is 7.39. The first-order valence-corrected chi connectivity index (χ1v) is 12.8. The van der Waals surface area contributed by atoms with E-state index in [1.807, 2.05) is 32.0 Å². The fourth-order valence-corrected chi connectivity index (χ4v) is 5.77. The highest BCUT2D eigenvalue weighted by atomic mass is 32.1. The van der Waals surface area contributed by atoms with Crippen LogP contribution in [0.4, 0.5) is 5.69 Å². The molecule has 5 aromatic rings. The number of H-pyrrole nitrogens is 2. The Morgan fingerprint density at radius 2 is 1.89 bits per heavy atom. The molecule has 0 saturated carbocycles. The monoisotopic (exact) mass is 532 g/mol. The number of aromatic carboxylic acids is 1. The Morgan fingerprint density at radius 1 is 1.11 bits per heavy atom. The molecule has 12 nitrogen and oxygen atoms in total. The number of benzene rings is 1. The van der Waals surface area contributed by atoms with Crippen molar-refractivity contribution in [2.24, 2.45) is 0 Å². The van der Waals surface area contributed by atoms with E-state index < -0.39 is 11.9 Å². The Hall–Kier alpha value is -4.20. The minimum atomic E-state index is -1.19. The number of fused-ring (bicyclic) bond motifs is 2. The zero-order valence-electron chi connectivity index (χ0n) is 20.6. The number of carbonyl (C=O) groups excluding carboxylic acids is 1. The molecule has 1 saturated heterocycles. The molecule has 1 aliphatic rings. The predicted molar refractivity (Wildman–Crippen MR) is 141 cm³/mol. The van der Waals surface area contributed by atoms with E-state index in [9.17, 15) is 14.7 Å². The third kappa shape index (κ3) is 4.62. The average molecular weight is 533 g/mol. The van der Waals surface area contributed by atoms with Gasteiger partial charge in [0.1, 0.15) is 9.88 Å². The molecule has 1 aliphatic heterocycles. The molecule has 2 atom stereocenters. The Morgan fingerprint density at radius 3 is 2.68 bits per heavy atom. The summed E-state index contributed by atoms with van der Waals surface area (Å²) < 4.78 is 5.78. The van der Waals surface area contributed by atoms with Gasteiger partial charge in [0.05, 0.1) is 42.4 Å². The Labute approximate surface area is 220 Å². The summed E-state index contributed by atoms with van der Waals surface area (Å²) in [6.45, 7) is 5.86. The maximum atomic E-state index is 13.4. The molecule has 0 aliphatic carbocycles. The number of anilines is 1. The van der Waals surface area contributed by atoms with Crippen molar-refractivity contribution in [3.05, 3.63) is 52.4 Å². The lowest BCUT2D eigenvalue weighted by Crippen LogP contribution is -2.44. The number of nitrogens with zero attached hydrogens (tertiary/aromatic N) is 5. The molecule has 1 aromatic carbocycles. The van der Waals surface area contributed by atoms with Crippen molar-refractivity contribution in [2.45, 2.75) is 32.6 Å². The van der Waals surface area contributed by atoms with E-state index in [2.05, 4.69) is 40.6 Å². The number of amides is 1. The van der Waals surface area contributed by atoms with E-state index in [4.69, 9.17) is 4.74 Å². The van der Waals surface area contributed by atoms with Crippen molar-refractivity contribution in [2.75, 3.05) is 18.4 Å². The summed E-state index contributed by atoms with van der Waals surface area (Å²) in [5.74, 6) is -1.79. The first-order chi connectivity index (χ1) is 18.3. The lowest BCUT2D eigenvalue weighted by atomic mass is 10.0. The summed E-state index contributed by atoms with van der Waals surface area (Å²) in [7, 11) is 0. The van der Waals surface area contributed by atoms with Crippen molar-refractivity contribution in [1.29, 1.82) is 0 Å². The molecule has 4 N–H and O–H groups in total. The van der Waals surface area contributed by atoms with E-state index in [0.29, 0.717) is 46.9 Å². The van der Waals surface area contributed by atoms with Gasteiger partial charge >= 0.3 is 5.97 Å². The molecule has 0 bridgehead atoms. The van der Waals surface area contributed by atoms with Crippen LogP contribution < -0.4 is 5.32 Å². The highest BCUT2D eigenvalue weighted by Gasteiger charge is 2.27. The number of carboxylic acids is 1. The molecule has 13 heteroatoms. The van der Waals surface area contributed by atoms with Crippen LogP contribution in [0.1, 0.15) is 39.0 Å². The molecular formula is C25H24N8O4S. The number of aromatic nitrogens is 6. The van der Waals surface area contributed by atoms with Crippen molar-refractivity contribution < 1.29 is 19.4 Å². The van der Waals surface area contributed by atoms with Gasteiger partial charge in [-0.05, 0) is 37.6 Å². The lowest BCUT2D eigenvalue weighted by molar-refractivity contribution is -0.0705. The number of hydrogen-bond donors (Lipinski definition) is 4. The minimum Gasteiger partial charge on any atom is -0.477 e. The summed E-state index contributed by atoms with van der Waals surface area (Å²) in [6.07, 6.45) is 5.14. The van der Waals surface area contributed by atoms with Crippen LogP contribution in [0.3, 0.4) is 0 Å². The molecule has 0 radical (unpaired) electrons. The zero-order valence-corrected chi connectivity index (χ0v) is 21.4. The number of carboxylic acid groups (broad SMARTS) is 1. The van der Waals surface area contributed by atoms with Crippen LogP contribution in [0.15, 0.2) is 36.8 Å². The Kier molecular flexibility index (Phi) is 6.10. The largest absolute Gasteiger partial charge is 0.477 e. The van der Waals surface area contributed by atoms with Crippen LogP contribution in [0, 0.1) is 0 Å². The van der Waals surface area contributed by atoms with Gasteiger partial charge in [0.15, 0.2) is 11.3 Å². The lowest BCUT2D eigenvalue weighted by Gasteiger charge is -2.34. The summed E-state index contributed by atoms with van der Waals surface area (Å²) in [4.78, 5) is 36.3. The normalized spacial score (nSPS) is 18.3. The van der Waals surface area contributed by atoms with Crippen molar-refractivity contribution in [1.82, 2.24) is 35.3 Å². The Bertz CT molecular complexity index is 1660. The van der Waals surface area contributed by atoms with Gasteiger partial charge in [-0.15, -0.1) is 11.3 Å². The highest BCUT2D eigenvalue weighted by Crippen LogP contribution is 2.32. The predicted octanol–water partition coefficient (Wildman–Crippen LogP) is 3.52. The van der Waals surface area contributed by atoms with Gasteiger partial charge in [0.25, 0.3) is 5.91 Å². The quantitative estimate of drug-likeness (QED) is 0.256. The van der Waals surface area contributed by atoms with E-state index in [-0.39, 0.29) is 22.8 Å². The minimum absolute atomic E-state index is 0.0643. The summed E-state index contributed by atoms with van der Waals surface area (Å²) in [6, 6.07) is 5.66. The first kappa shape index (κ1) is 24.2. The number of pyridine rings is 1. The number of morpholine rings is 1. The summed E-state index contributed by atoms with van der Waals surface area (Å²) >= 11 is 1.02. The van der Waals surface area contributed by atoms with Gasteiger partial charge in [-0.1, -0.05) is 0 Å². The molecule has 1 fully saturated rings. The van der Waals surface area contributed by atoms with Crippen molar-refractivity contribution >= 4 is 50.8 Å². The molecule has 194 valence electrons. The topological polar surface area (TPSA) is 162 Å². The summed E-state index contributed by atoms with van der Waals surface area (Å²) in [5.41, 5.74) is 3.35. The number of hydrogen-bond acceptors (Lipinski definition) is 9. The van der Waals surface area contributed by atoms with Crippen LogP contribution in [0.2, 0.25) is 0 Å². The number of rotatable bonds is 6. The average Bonchev–Trinajstić information content (AvgIpc) is 3.62. The van der Waals surface area contributed by atoms with Gasteiger partial charge in [-0.2, -0.15) is 10.2 Å².